The molecule has 3 rings (SSSR count). The minimum atomic E-state index is -0.462. The minimum absolute atomic E-state index is 0.100. The van der Waals surface area contributed by atoms with Gasteiger partial charge in [-0.3, -0.25) is 4.79 Å². The molecule has 0 unspecified atom stereocenters. The normalized spacial score (nSPS) is 20.0. The molecule has 23 heavy (non-hydrogen) atoms. The van der Waals surface area contributed by atoms with E-state index in [9.17, 15) is 9.18 Å². The Morgan fingerprint density at radius 3 is 2.91 bits per heavy atom. The molecule has 1 aromatic carbocycles. The van der Waals surface area contributed by atoms with Crippen molar-refractivity contribution < 1.29 is 9.18 Å². The lowest BCUT2D eigenvalue weighted by atomic mass is 10.1. The third kappa shape index (κ3) is 3.42. The van der Waals surface area contributed by atoms with Gasteiger partial charge in [-0.2, -0.15) is 14.6 Å². The topological polar surface area (TPSA) is 59.3 Å². The Morgan fingerprint density at radius 2 is 2.26 bits per heavy atom. The van der Waals surface area contributed by atoms with Crippen LogP contribution in [0.5, 0.6) is 0 Å². The van der Waals surface area contributed by atoms with E-state index >= 15 is 0 Å². The Kier molecular flexibility index (Phi) is 4.43. The average Bonchev–Trinajstić information content (AvgIpc) is 3.27. The van der Waals surface area contributed by atoms with Crippen molar-refractivity contribution in [3.8, 4) is 0 Å². The van der Waals surface area contributed by atoms with Crippen LogP contribution in [-0.4, -0.2) is 21.9 Å². The maximum Gasteiger partial charge on any atom is 0.243 e. The Hall–Kier alpha value is -2.21. The zero-order valence-electron chi connectivity index (χ0n) is 12.5. The lowest BCUT2D eigenvalue weighted by Gasteiger charge is -2.00. The molecule has 0 spiro atoms. The van der Waals surface area contributed by atoms with E-state index in [0.717, 1.165) is 12.0 Å². The highest BCUT2D eigenvalue weighted by Crippen LogP contribution is 2.47. The standard InChI is InChI=1S/C16H16ClFN4O/c1-2-22-15(18)11(9-20-22)8-19-21-16(23)14-7-13(14)10-3-5-12(17)6-4-10/h3-6,8-9,13-14H,2,7H2,1H3,(H,21,23)/b19-8-/t13-,14+/m0/s1. The van der Waals surface area contributed by atoms with Crippen LogP contribution in [-0.2, 0) is 11.3 Å². The quantitative estimate of drug-likeness (QED) is 0.675. The van der Waals surface area contributed by atoms with Crippen molar-refractivity contribution in [2.45, 2.75) is 25.8 Å². The molecule has 1 N–H and O–H groups in total. The van der Waals surface area contributed by atoms with Gasteiger partial charge in [0, 0.05) is 17.5 Å². The SMILES string of the molecule is CCn1ncc(/C=N\NC(=O)[C@@H]2C[C@H]2c2ccc(Cl)cc2)c1F. The van der Waals surface area contributed by atoms with Gasteiger partial charge in [-0.1, -0.05) is 23.7 Å². The molecule has 0 saturated heterocycles. The fraction of sp³-hybridized carbons (Fsp3) is 0.312. The first kappa shape index (κ1) is 15.7. The smallest absolute Gasteiger partial charge is 0.243 e. The maximum absolute atomic E-state index is 13.7. The molecule has 5 nitrogen and oxygen atoms in total. The van der Waals surface area contributed by atoms with Gasteiger partial charge in [-0.25, -0.2) is 10.1 Å². The zero-order chi connectivity index (χ0) is 16.4. The monoisotopic (exact) mass is 334 g/mol. The number of halogens is 2. The fourth-order valence-corrected chi connectivity index (χ4v) is 2.63. The Balaban J connectivity index is 1.55. The molecule has 1 saturated carbocycles. The third-order valence-electron chi connectivity index (χ3n) is 3.90. The van der Waals surface area contributed by atoms with Crippen LogP contribution < -0.4 is 5.43 Å². The molecular formula is C16H16ClFN4O. The molecule has 1 aliphatic rings. The minimum Gasteiger partial charge on any atom is -0.273 e. The van der Waals surface area contributed by atoms with E-state index in [1.165, 1.54) is 17.1 Å². The predicted octanol–water partition coefficient (Wildman–Crippen LogP) is 2.95. The van der Waals surface area contributed by atoms with Crippen molar-refractivity contribution in [2.24, 2.45) is 11.0 Å². The first-order valence-corrected chi connectivity index (χ1v) is 7.77. The highest BCUT2D eigenvalue weighted by Gasteiger charge is 2.43. The molecule has 120 valence electrons. The van der Waals surface area contributed by atoms with E-state index in [2.05, 4.69) is 15.6 Å². The van der Waals surface area contributed by atoms with Gasteiger partial charge in [0.05, 0.1) is 18.0 Å². The number of aryl methyl sites for hydroxylation is 1. The van der Waals surface area contributed by atoms with E-state index < -0.39 is 5.95 Å². The van der Waals surface area contributed by atoms with Crippen molar-refractivity contribution >= 4 is 23.7 Å². The highest BCUT2D eigenvalue weighted by atomic mass is 35.5. The van der Waals surface area contributed by atoms with Crippen LogP contribution in [0.15, 0.2) is 35.6 Å². The van der Waals surface area contributed by atoms with Gasteiger partial charge in [-0.15, -0.1) is 0 Å². The second kappa shape index (κ2) is 6.50. The number of carbonyl (C=O) groups is 1. The van der Waals surface area contributed by atoms with Crippen LogP contribution in [0.3, 0.4) is 0 Å². The number of amides is 1. The number of nitrogens with zero attached hydrogens (tertiary/aromatic N) is 3. The number of hydrazone groups is 1. The number of nitrogens with one attached hydrogen (secondary N) is 1. The van der Waals surface area contributed by atoms with Crippen molar-refractivity contribution in [1.29, 1.82) is 0 Å². The molecule has 0 bridgehead atoms. The molecule has 7 heteroatoms. The summed E-state index contributed by atoms with van der Waals surface area (Å²) in [5.74, 6) is -0.529. The van der Waals surface area contributed by atoms with Gasteiger partial charge < -0.3 is 0 Å². The molecule has 1 amide bonds. The van der Waals surface area contributed by atoms with Gasteiger partial charge >= 0.3 is 0 Å². The molecule has 2 atom stereocenters. The van der Waals surface area contributed by atoms with E-state index in [0.29, 0.717) is 11.6 Å². The van der Waals surface area contributed by atoms with Crippen molar-refractivity contribution in [1.82, 2.24) is 15.2 Å². The molecule has 1 heterocycles. The molecule has 1 aliphatic carbocycles. The van der Waals surface area contributed by atoms with Crippen LogP contribution in [0.25, 0.3) is 0 Å². The number of benzene rings is 1. The first-order valence-electron chi connectivity index (χ1n) is 7.39. The third-order valence-corrected chi connectivity index (χ3v) is 4.16. The van der Waals surface area contributed by atoms with Crippen LogP contribution in [0.2, 0.25) is 5.02 Å². The summed E-state index contributed by atoms with van der Waals surface area (Å²) in [4.78, 5) is 12.0. The number of aromatic nitrogens is 2. The van der Waals surface area contributed by atoms with Gasteiger partial charge in [-0.05, 0) is 37.0 Å². The predicted molar refractivity (Wildman–Crippen MR) is 85.9 cm³/mol. The summed E-state index contributed by atoms with van der Waals surface area (Å²) in [6.45, 7) is 2.24. The second-order valence-electron chi connectivity index (χ2n) is 5.44. The van der Waals surface area contributed by atoms with Crippen molar-refractivity contribution in [3.63, 3.8) is 0 Å². The van der Waals surface area contributed by atoms with E-state index in [1.807, 2.05) is 24.3 Å². The lowest BCUT2D eigenvalue weighted by Crippen LogP contribution is -2.20. The van der Waals surface area contributed by atoms with Crippen LogP contribution in [0.1, 0.15) is 30.4 Å². The van der Waals surface area contributed by atoms with Gasteiger partial charge in [0.25, 0.3) is 0 Å². The molecule has 1 fully saturated rings. The highest BCUT2D eigenvalue weighted by molar-refractivity contribution is 6.30. The Bertz CT molecular complexity index is 741. The first-order chi connectivity index (χ1) is 11.1. The Morgan fingerprint density at radius 1 is 1.52 bits per heavy atom. The van der Waals surface area contributed by atoms with E-state index in [1.54, 1.807) is 6.92 Å². The number of hydrogen-bond acceptors (Lipinski definition) is 3. The van der Waals surface area contributed by atoms with Crippen LogP contribution in [0.4, 0.5) is 4.39 Å². The second-order valence-corrected chi connectivity index (χ2v) is 5.88. The summed E-state index contributed by atoms with van der Waals surface area (Å²) in [5, 5.41) is 8.36. The number of rotatable bonds is 5. The molecule has 2 aromatic rings. The van der Waals surface area contributed by atoms with Gasteiger partial charge in [0.15, 0.2) is 0 Å². The number of hydrogen-bond donors (Lipinski definition) is 1. The summed E-state index contributed by atoms with van der Waals surface area (Å²) in [6.07, 6.45) is 3.43. The summed E-state index contributed by atoms with van der Waals surface area (Å²) >= 11 is 5.85. The van der Waals surface area contributed by atoms with Gasteiger partial charge in [0.2, 0.25) is 11.9 Å². The summed E-state index contributed by atoms with van der Waals surface area (Å²) in [5.41, 5.74) is 3.80. The molecule has 1 aromatic heterocycles. The summed E-state index contributed by atoms with van der Waals surface area (Å²) in [7, 11) is 0. The number of carbonyl (C=O) groups excluding carboxylic acids is 1. The molecular weight excluding hydrogens is 319 g/mol. The molecule has 0 aliphatic heterocycles. The van der Waals surface area contributed by atoms with Crippen LogP contribution in [0, 0.1) is 11.9 Å². The zero-order valence-corrected chi connectivity index (χ0v) is 13.3. The maximum atomic E-state index is 13.7. The van der Waals surface area contributed by atoms with E-state index in [-0.39, 0.29) is 23.3 Å². The largest absolute Gasteiger partial charge is 0.273 e. The van der Waals surface area contributed by atoms with Crippen molar-refractivity contribution in [3.05, 3.63) is 52.6 Å². The summed E-state index contributed by atoms with van der Waals surface area (Å²) < 4.78 is 15.0. The lowest BCUT2D eigenvalue weighted by molar-refractivity contribution is -0.122. The van der Waals surface area contributed by atoms with Crippen LogP contribution >= 0.6 is 11.6 Å². The average molecular weight is 335 g/mol. The fourth-order valence-electron chi connectivity index (χ4n) is 2.50. The molecule has 0 radical (unpaired) electrons. The Labute approximate surface area is 138 Å². The van der Waals surface area contributed by atoms with Gasteiger partial charge in [0.1, 0.15) is 0 Å². The van der Waals surface area contributed by atoms with E-state index in [4.69, 9.17) is 11.6 Å². The summed E-state index contributed by atoms with van der Waals surface area (Å²) in [6, 6.07) is 7.49. The van der Waals surface area contributed by atoms with Crippen molar-refractivity contribution in [2.75, 3.05) is 0 Å².